The first kappa shape index (κ1) is 17.8. The van der Waals surface area contributed by atoms with E-state index in [-0.39, 0.29) is 12.5 Å². The number of hydrogen-bond donors (Lipinski definition) is 2. The predicted molar refractivity (Wildman–Crippen MR) is 113 cm³/mol. The SMILES string of the molecule is Cc1cccc(NC(=O)Cn2c(NCc3ccccc3)nc3ccccc32)c1. The number of nitrogens with zero attached hydrogens (tertiary/aromatic N) is 2. The smallest absolute Gasteiger partial charge is 0.244 e. The van der Waals surface area contributed by atoms with Crippen molar-refractivity contribution in [3.05, 3.63) is 90.0 Å². The van der Waals surface area contributed by atoms with Gasteiger partial charge < -0.3 is 15.2 Å². The summed E-state index contributed by atoms with van der Waals surface area (Å²) < 4.78 is 1.92. The Labute approximate surface area is 164 Å². The summed E-state index contributed by atoms with van der Waals surface area (Å²) in [6, 6.07) is 25.8. The monoisotopic (exact) mass is 370 g/mol. The third kappa shape index (κ3) is 4.04. The number of imidazole rings is 1. The number of aryl methyl sites for hydroxylation is 1. The number of benzene rings is 3. The van der Waals surface area contributed by atoms with E-state index >= 15 is 0 Å². The van der Waals surface area contributed by atoms with Crippen LogP contribution in [0.5, 0.6) is 0 Å². The van der Waals surface area contributed by atoms with Crippen LogP contribution in [0.25, 0.3) is 11.0 Å². The minimum Gasteiger partial charge on any atom is -0.352 e. The quantitative estimate of drug-likeness (QED) is 0.522. The molecule has 5 nitrogen and oxygen atoms in total. The van der Waals surface area contributed by atoms with Crippen molar-refractivity contribution in [3.8, 4) is 0 Å². The van der Waals surface area contributed by atoms with Crippen LogP contribution < -0.4 is 10.6 Å². The first-order valence-electron chi connectivity index (χ1n) is 9.28. The van der Waals surface area contributed by atoms with Gasteiger partial charge in [-0.15, -0.1) is 0 Å². The molecule has 0 fully saturated rings. The molecule has 0 unspecified atom stereocenters. The molecule has 0 atom stereocenters. The largest absolute Gasteiger partial charge is 0.352 e. The molecule has 1 heterocycles. The fraction of sp³-hybridized carbons (Fsp3) is 0.130. The van der Waals surface area contributed by atoms with E-state index in [4.69, 9.17) is 0 Å². The van der Waals surface area contributed by atoms with Gasteiger partial charge in [-0.05, 0) is 42.3 Å². The van der Waals surface area contributed by atoms with Crippen LogP contribution in [0.15, 0.2) is 78.9 Å². The van der Waals surface area contributed by atoms with Crippen molar-refractivity contribution in [3.63, 3.8) is 0 Å². The van der Waals surface area contributed by atoms with Crippen LogP contribution in [0.3, 0.4) is 0 Å². The third-order valence-electron chi connectivity index (χ3n) is 4.55. The van der Waals surface area contributed by atoms with E-state index in [2.05, 4.69) is 27.8 Å². The maximum absolute atomic E-state index is 12.7. The number of carbonyl (C=O) groups is 1. The number of amides is 1. The zero-order chi connectivity index (χ0) is 19.3. The van der Waals surface area contributed by atoms with Gasteiger partial charge in [-0.3, -0.25) is 4.79 Å². The van der Waals surface area contributed by atoms with Crippen LogP contribution >= 0.6 is 0 Å². The lowest BCUT2D eigenvalue weighted by Crippen LogP contribution is -2.20. The van der Waals surface area contributed by atoms with Crippen molar-refractivity contribution in [2.75, 3.05) is 10.6 Å². The van der Waals surface area contributed by atoms with Gasteiger partial charge in [-0.1, -0.05) is 54.6 Å². The molecule has 0 aliphatic carbocycles. The summed E-state index contributed by atoms with van der Waals surface area (Å²) in [7, 11) is 0. The lowest BCUT2D eigenvalue weighted by Gasteiger charge is -2.12. The number of hydrogen-bond acceptors (Lipinski definition) is 3. The van der Waals surface area contributed by atoms with Gasteiger partial charge in [0.05, 0.1) is 11.0 Å². The number of carbonyl (C=O) groups excluding carboxylic acids is 1. The first-order chi connectivity index (χ1) is 13.7. The fourth-order valence-electron chi connectivity index (χ4n) is 3.21. The Morgan fingerprint density at radius 2 is 1.75 bits per heavy atom. The second-order valence-corrected chi connectivity index (χ2v) is 6.77. The van der Waals surface area contributed by atoms with Crippen molar-refractivity contribution in [2.45, 2.75) is 20.0 Å². The number of rotatable bonds is 6. The molecule has 2 N–H and O–H groups in total. The number of aromatic nitrogens is 2. The zero-order valence-electron chi connectivity index (χ0n) is 15.7. The van der Waals surface area contributed by atoms with E-state index in [1.807, 2.05) is 78.2 Å². The van der Waals surface area contributed by atoms with Crippen molar-refractivity contribution in [1.29, 1.82) is 0 Å². The van der Waals surface area contributed by atoms with Gasteiger partial charge >= 0.3 is 0 Å². The van der Waals surface area contributed by atoms with Gasteiger partial charge in [0.15, 0.2) is 0 Å². The standard InChI is InChI=1S/C23H22N4O/c1-17-8-7-11-19(14-17)25-22(28)16-27-21-13-6-5-12-20(21)26-23(27)24-15-18-9-3-2-4-10-18/h2-14H,15-16H2,1H3,(H,24,26)(H,25,28). The van der Waals surface area contributed by atoms with Crippen LogP contribution in [-0.4, -0.2) is 15.5 Å². The molecule has 0 spiro atoms. The van der Waals surface area contributed by atoms with Gasteiger partial charge in [0.2, 0.25) is 11.9 Å². The second-order valence-electron chi connectivity index (χ2n) is 6.77. The normalized spacial score (nSPS) is 10.8. The highest BCUT2D eigenvalue weighted by molar-refractivity contribution is 5.92. The van der Waals surface area contributed by atoms with Crippen LogP contribution in [0.2, 0.25) is 0 Å². The topological polar surface area (TPSA) is 59.0 Å². The molecule has 0 aliphatic rings. The average molecular weight is 370 g/mol. The molecule has 3 aromatic carbocycles. The van der Waals surface area contributed by atoms with Crippen LogP contribution in [0.1, 0.15) is 11.1 Å². The number of fused-ring (bicyclic) bond motifs is 1. The lowest BCUT2D eigenvalue weighted by molar-refractivity contribution is -0.116. The summed E-state index contributed by atoms with van der Waals surface area (Å²) in [6.45, 7) is 2.83. The Morgan fingerprint density at radius 1 is 0.964 bits per heavy atom. The molecule has 1 amide bonds. The Balaban J connectivity index is 1.56. The molecule has 140 valence electrons. The van der Waals surface area contributed by atoms with E-state index in [9.17, 15) is 4.79 Å². The van der Waals surface area contributed by atoms with E-state index in [0.717, 1.165) is 27.8 Å². The highest BCUT2D eigenvalue weighted by Gasteiger charge is 2.13. The molecule has 1 aromatic heterocycles. The number of anilines is 2. The Morgan fingerprint density at radius 3 is 2.57 bits per heavy atom. The van der Waals surface area contributed by atoms with Crippen molar-refractivity contribution >= 4 is 28.6 Å². The van der Waals surface area contributed by atoms with Crippen LogP contribution in [-0.2, 0) is 17.9 Å². The first-order valence-corrected chi connectivity index (χ1v) is 9.28. The highest BCUT2D eigenvalue weighted by atomic mass is 16.1. The Hall–Kier alpha value is -3.60. The Kier molecular flexibility index (Phi) is 5.06. The minimum atomic E-state index is -0.0866. The molecule has 5 heteroatoms. The molecule has 4 rings (SSSR count). The van der Waals surface area contributed by atoms with E-state index < -0.39 is 0 Å². The predicted octanol–water partition coefficient (Wildman–Crippen LogP) is 4.60. The molecule has 0 saturated heterocycles. The number of nitrogens with one attached hydrogen (secondary N) is 2. The number of para-hydroxylation sites is 2. The van der Waals surface area contributed by atoms with Gasteiger partial charge in [-0.2, -0.15) is 0 Å². The summed E-state index contributed by atoms with van der Waals surface area (Å²) in [5, 5.41) is 6.34. The van der Waals surface area contributed by atoms with Crippen molar-refractivity contribution in [2.24, 2.45) is 0 Å². The third-order valence-corrected chi connectivity index (χ3v) is 4.55. The molecule has 0 radical (unpaired) electrons. The Bertz CT molecular complexity index is 1100. The lowest BCUT2D eigenvalue weighted by atomic mass is 10.2. The molecular weight excluding hydrogens is 348 g/mol. The molecule has 0 bridgehead atoms. The molecule has 28 heavy (non-hydrogen) atoms. The van der Waals surface area contributed by atoms with Crippen molar-refractivity contribution in [1.82, 2.24) is 9.55 Å². The molecular formula is C23H22N4O. The molecule has 0 saturated carbocycles. The zero-order valence-corrected chi connectivity index (χ0v) is 15.7. The summed E-state index contributed by atoms with van der Waals surface area (Å²) in [6.07, 6.45) is 0. The van der Waals surface area contributed by atoms with E-state index in [1.165, 1.54) is 0 Å². The minimum absolute atomic E-state index is 0.0866. The molecule has 0 aliphatic heterocycles. The van der Waals surface area contributed by atoms with Crippen molar-refractivity contribution < 1.29 is 4.79 Å². The summed E-state index contributed by atoms with van der Waals surface area (Å²) >= 11 is 0. The van der Waals surface area contributed by atoms with Crippen LogP contribution in [0.4, 0.5) is 11.6 Å². The van der Waals surface area contributed by atoms with Gasteiger partial charge in [0, 0.05) is 12.2 Å². The molecule has 4 aromatic rings. The summed E-state index contributed by atoms with van der Waals surface area (Å²) in [5.74, 6) is 0.598. The van der Waals surface area contributed by atoms with E-state index in [0.29, 0.717) is 12.5 Å². The highest BCUT2D eigenvalue weighted by Crippen LogP contribution is 2.20. The fourth-order valence-corrected chi connectivity index (χ4v) is 3.21. The maximum atomic E-state index is 12.7. The van der Waals surface area contributed by atoms with E-state index in [1.54, 1.807) is 0 Å². The van der Waals surface area contributed by atoms with Crippen LogP contribution in [0, 0.1) is 6.92 Å². The second kappa shape index (κ2) is 7.96. The average Bonchev–Trinajstić information content (AvgIpc) is 3.05. The maximum Gasteiger partial charge on any atom is 0.244 e. The van der Waals surface area contributed by atoms with Gasteiger partial charge in [-0.25, -0.2) is 4.98 Å². The summed E-state index contributed by atoms with van der Waals surface area (Å²) in [4.78, 5) is 17.3. The van der Waals surface area contributed by atoms with Gasteiger partial charge in [0.1, 0.15) is 6.54 Å². The van der Waals surface area contributed by atoms with Gasteiger partial charge in [0.25, 0.3) is 0 Å². The summed E-state index contributed by atoms with van der Waals surface area (Å²) in [5.41, 5.74) is 4.86.